The van der Waals surface area contributed by atoms with Gasteiger partial charge >= 0.3 is 5.97 Å². The van der Waals surface area contributed by atoms with Crippen LogP contribution in [-0.2, 0) is 27.7 Å². The number of aromatic carboxylic acids is 1. The fourth-order valence-electron chi connectivity index (χ4n) is 6.83. The second kappa shape index (κ2) is 9.23. The van der Waals surface area contributed by atoms with Crippen LogP contribution in [0.15, 0.2) is 0 Å². The Morgan fingerprint density at radius 1 is 1.14 bits per heavy atom. The van der Waals surface area contributed by atoms with E-state index < -0.39 is 34.1 Å². The minimum atomic E-state index is -3.43. The molecule has 2 aliphatic carbocycles. The second-order valence-corrected chi connectivity index (χ2v) is 20.0. The fourth-order valence-corrected chi connectivity index (χ4v) is 15.1. The van der Waals surface area contributed by atoms with E-state index in [0.717, 1.165) is 0 Å². The summed E-state index contributed by atoms with van der Waals surface area (Å²) in [5.41, 5.74) is 1.94. The summed E-state index contributed by atoms with van der Waals surface area (Å²) in [5.74, 6) is -1.49. The van der Waals surface area contributed by atoms with Crippen molar-refractivity contribution < 1.29 is 27.5 Å². The van der Waals surface area contributed by atoms with Crippen LogP contribution in [0.25, 0.3) is 0 Å². The number of amides is 1. The Bertz CT molecular complexity index is 1130. The molecule has 36 heavy (non-hydrogen) atoms. The first-order valence-corrected chi connectivity index (χ1v) is 16.9. The molecule has 0 bridgehead atoms. The molecular weight excluding hydrogens is 498 g/mol. The predicted octanol–water partition coefficient (Wildman–Crippen LogP) is 3.79. The summed E-state index contributed by atoms with van der Waals surface area (Å²) in [6, 6.07) is 0. The topological polar surface area (TPSA) is 119 Å². The largest absolute Gasteiger partial charge is 0.476 e. The highest BCUT2D eigenvalue weighted by Crippen LogP contribution is 2.52. The molecule has 2 saturated carbocycles. The van der Waals surface area contributed by atoms with Crippen LogP contribution in [0.2, 0.25) is 16.6 Å². The van der Waals surface area contributed by atoms with Crippen molar-refractivity contribution in [2.24, 2.45) is 7.05 Å². The molecule has 1 N–H and O–H groups in total. The third-order valence-electron chi connectivity index (χ3n) is 8.93. The summed E-state index contributed by atoms with van der Waals surface area (Å²) in [6.45, 7) is 13.9. The van der Waals surface area contributed by atoms with E-state index >= 15 is 0 Å². The molecule has 9 nitrogen and oxygen atoms in total. The number of nitrogens with zero attached hydrogens (tertiary/aromatic N) is 3. The van der Waals surface area contributed by atoms with Crippen molar-refractivity contribution >= 4 is 30.0 Å². The number of sulfone groups is 1. The maximum atomic E-state index is 13.7. The number of hydrogen-bond donors (Lipinski definition) is 1. The second-order valence-electron chi connectivity index (χ2n) is 12.0. The molecule has 11 heteroatoms. The first-order valence-electron chi connectivity index (χ1n) is 13.2. The number of rotatable bonds is 10. The van der Waals surface area contributed by atoms with Crippen LogP contribution in [0.1, 0.15) is 93.8 Å². The van der Waals surface area contributed by atoms with E-state index in [4.69, 9.17) is 4.43 Å². The van der Waals surface area contributed by atoms with Gasteiger partial charge < -0.3 is 14.4 Å². The van der Waals surface area contributed by atoms with Gasteiger partial charge in [-0.25, -0.2) is 13.2 Å². The Hall–Kier alpha value is -1.72. The first-order chi connectivity index (χ1) is 16.7. The van der Waals surface area contributed by atoms with Crippen LogP contribution in [0.3, 0.4) is 0 Å². The van der Waals surface area contributed by atoms with Crippen LogP contribution < -0.4 is 0 Å². The van der Waals surface area contributed by atoms with Gasteiger partial charge in [-0.05, 0) is 48.7 Å². The minimum Gasteiger partial charge on any atom is -0.476 e. The van der Waals surface area contributed by atoms with Gasteiger partial charge in [0.1, 0.15) is 5.69 Å². The summed E-state index contributed by atoms with van der Waals surface area (Å²) in [6.07, 6.45) is 2.53. The number of carbonyl (C=O) groups is 2. The zero-order valence-corrected chi connectivity index (χ0v) is 24.4. The summed E-state index contributed by atoms with van der Waals surface area (Å²) in [5, 5.41) is 13.0. The highest BCUT2D eigenvalue weighted by Gasteiger charge is 2.61. The van der Waals surface area contributed by atoms with E-state index in [-0.39, 0.29) is 29.9 Å². The first kappa shape index (κ1) is 27.3. The van der Waals surface area contributed by atoms with Gasteiger partial charge in [-0.15, -0.1) is 0 Å². The van der Waals surface area contributed by atoms with Crippen molar-refractivity contribution in [2.45, 2.75) is 106 Å². The van der Waals surface area contributed by atoms with Crippen LogP contribution in [0, 0.1) is 0 Å². The molecule has 3 aliphatic rings. The monoisotopic (exact) mass is 539 g/mol. The van der Waals surface area contributed by atoms with Gasteiger partial charge in [0.05, 0.1) is 10.00 Å². The number of carbonyl (C=O) groups excluding carboxylic acids is 1. The van der Waals surface area contributed by atoms with Gasteiger partial charge in [-0.3, -0.25) is 9.48 Å². The molecule has 0 radical (unpaired) electrons. The third kappa shape index (κ3) is 4.15. The lowest BCUT2D eigenvalue weighted by atomic mass is 9.96. The lowest BCUT2D eigenvalue weighted by Crippen LogP contribution is -2.56. The molecule has 1 aromatic heterocycles. The van der Waals surface area contributed by atoms with Gasteiger partial charge in [-0.2, -0.15) is 5.10 Å². The quantitative estimate of drug-likeness (QED) is 0.449. The van der Waals surface area contributed by atoms with Crippen molar-refractivity contribution in [1.29, 1.82) is 0 Å². The van der Waals surface area contributed by atoms with E-state index in [9.17, 15) is 23.1 Å². The molecule has 2 heterocycles. The average molecular weight is 540 g/mol. The molecule has 202 valence electrons. The van der Waals surface area contributed by atoms with Crippen molar-refractivity contribution in [1.82, 2.24) is 14.7 Å². The Labute approximate surface area is 215 Å². The van der Waals surface area contributed by atoms with E-state index in [1.807, 2.05) is 0 Å². The Morgan fingerprint density at radius 3 is 2.17 bits per heavy atom. The molecule has 1 aliphatic heterocycles. The third-order valence-corrected chi connectivity index (χ3v) is 18.1. The zero-order valence-electron chi connectivity index (χ0n) is 22.6. The Balaban J connectivity index is 1.45. The maximum absolute atomic E-state index is 13.7. The van der Waals surface area contributed by atoms with E-state index in [1.54, 1.807) is 11.9 Å². The van der Waals surface area contributed by atoms with Gasteiger partial charge in [0.25, 0.3) is 5.91 Å². The molecule has 0 saturated heterocycles. The van der Waals surface area contributed by atoms with Crippen LogP contribution in [-0.4, -0.2) is 77.6 Å². The molecule has 0 aromatic carbocycles. The van der Waals surface area contributed by atoms with Gasteiger partial charge in [0.2, 0.25) is 8.32 Å². The predicted molar refractivity (Wildman–Crippen MR) is 140 cm³/mol. The van der Waals surface area contributed by atoms with Gasteiger partial charge in [-0.1, -0.05) is 41.5 Å². The Kier molecular flexibility index (Phi) is 7.01. The van der Waals surface area contributed by atoms with E-state index in [1.165, 1.54) is 4.68 Å². The van der Waals surface area contributed by atoms with Gasteiger partial charge in [0.15, 0.2) is 15.5 Å². The van der Waals surface area contributed by atoms with Crippen molar-refractivity contribution in [3.8, 4) is 0 Å². The van der Waals surface area contributed by atoms with Crippen molar-refractivity contribution in [3.63, 3.8) is 0 Å². The maximum Gasteiger partial charge on any atom is 0.356 e. The lowest BCUT2D eigenvalue weighted by Gasteiger charge is -2.48. The number of carboxylic acid groups (broad SMARTS) is 1. The average Bonchev–Trinajstić information content (AvgIpc) is 3.45. The normalized spacial score (nSPS) is 23.8. The van der Waals surface area contributed by atoms with Gasteiger partial charge in [0, 0.05) is 31.8 Å². The standard InChI is InChI=1S/C25H41N3O6SSi/c1-15(2)36(16(3)4,17(5)6)34-18-12-19(13-18)35(32,33)25(9-10-25)14-28-11-8-20-21(24(30)31)26-27(7)22(20)23(28)29/h15-19H,8-14H2,1-7H3,(H,30,31). The van der Waals surface area contributed by atoms with Crippen LogP contribution >= 0.6 is 0 Å². The number of aryl methyl sites for hydroxylation is 1. The van der Waals surface area contributed by atoms with Crippen LogP contribution in [0.5, 0.6) is 0 Å². The summed E-state index contributed by atoms with van der Waals surface area (Å²) in [7, 11) is -3.94. The highest BCUT2D eigenvalue weighted by atomic mass is 32.2. The molecule has 0 spiro atoms. The summed E-state index contributed by atoms with van der Waals surface area (Å²) in [4.78, 5) is 26.3. The molecule has 4 rings (SSSR count). The van der Waals surface area contributed by atoms with Crippen LogP contribution in [0.4, 0.5) is 0 Å². The molecular formula is C25H41N3O6SSi. The molecule has 1 amide bonds. The smallest absolute Gasteiger partial charge is 0.356 e. The summed E-state index contributed by atoms with van der Waals surface area (Å²) >= 11 is 0. The zero-order chi connectivity index (χ0) is 26.8. The molecule has 0 unspecified atom stereocenters. The number of carboxylic acids is 1. The Morgan fingerprint density at radius 2 is 1.69 bits per heavy atom. The number of aromatic nitrogens is 2. The number of hydrogen-bond acceptors (Lipinski definition) is 6. The lowest BCUT2D eigenvalue weighted by molar-refractivity contribution is 0.0688. The van der Waals surface area contributed by atoms with E-state index in [2.05, 4.69) is 46.6 Å². The highest BCUT2D eigenvalue weighted by molar-refractivity contribution is 7.93. The molecule has 1 aromatic rings. The molecule has 2 fully saturated rings. The fraction of sp³-hybridized carbons (Fsp3) is 0.800. The minimum absolute atomic E-state index is 0.0116. The van der Waals surface area contributed by atoms with E-state index in [0.29, 0.717) is 60.8 Å². The molecule has 0 atom stereocenters. The van der Waals surface area contributed by atoms with Crippen molar-refractivity contribution in [2.75, 3.05) is 13.1 Å². The summed E-state index contributed by atoms with van der Waals surface area (Å²) < 4.78 is 34.7. The number of fused-ring (bicyclic) bond motifs is 1. The van der Waals surface area contributed by atoms with Crippen molar-refractivity contribution in [3.05, 3.63) is 17.0 Å². The SMILES string of the molecule is CC(C)[Si](OC1CC(S(=O)(=O)C2(CN3CCc4c(C(=O)O)nn(C)c4C3=O)CC2)C1)(C(C)C)C(C)C.